The van der Waals surface area contributed by atoms with Gasteiger partial charge in [0.2, 0.25) is 0 Å². The van der Waals surface area contributed by atoms with E-state index >= 15 is 0 Å². The minimum atomic E-state index is 0.362. The Balaban J connectivity index is 1.77. The molecule has 3 aromatic rings. The molecule has 0 spiro atoms. The number of nitrogens with two attached hydrogens (primary N) is 1. The van der Waals surface area contributed by atoms with Gasteiger partial charge in [0.25, 0.3) is 0 Å². The first kappa shape index (κ1) is 12.4. The summed E-state index contributed by atoms with van der Waals surface area (Å²) in [6.45, 7) is 0.362. The zero-order chi connectivity index (χ0) is 13.8. The quantitative estimate of drug-likeness (QED) is 0.757. The second-order valence-corrected chi connectivity index (χ2v) is 4.45. The summed E-state index contributed by atoms with van der Waals surface area (Å²) in [4.78, 5) is 0. The minimum absolute atomic E-state index is 0.362. The van der Waals surface area contributed by atoms with Crippen LogP contribution >= 0.6 is 0 Å². The molecule has 20 heavy (non-hydrogen) atoms. The fraction of sp³-hybridized carbons (Fsp3) is 0.0625. The maximum Gasteiger partial charge on any atom is 0.150 e. The van der Waals surface area contributed by atoms with Crippen molar-refractivity contribution in [1.82, 2.24) is 5.16 Å². The molecule has 0 aliphatic carbocycles. The van der Waals surface area contributed by atoms with Crippen LogP contribution in [0, 0.1) is 0 Å². The van der Waals surface area contributed by atoms with Crippen molar-refractivity contribution in [2.45, 2.75) is 6.54 Å². The van der Waals surface area contributed by atoms with Gasteiger partial charge in [0.15, 0.2) is 5.76 Å². The smallest absolute Gasteiger partial charge is 0.150 e. The Hall–Kier alpha value is -2.59. The van der Waals surface area contributed by atoms with Crippen LogP contribution in [0.15, 0.2) is 65.2 Å². The van der Waals surface area contributed by atoms with Crippen LogP contribution in [0.25, 0.3) is 11.3 Å². The van der Waals surface area contributed by atoms with Gasteiger partial charge in [-0.25, -0.2) is 0 Å². The summed E-state index contributed by atoms with van der Waals surface area (Å²) in [6.07, 6.45) is 0. The SMILES string of the molecule is NCc1cc(-c2ccc(Nc3ccccc3)cc2)no1. The van der Waals surface area contributed by atoms with Crippen LogP contribution in [0.2, 0.25) is 0 Å². The zero-order valence-electron chi connectivity index (χ0n) is 10.9. The van der Waals surface area contributed by atoms with Crippen molar-refractivity contribution in [3.8, 4) is 11.3 Å². The van der Waals surface area contributed by atoms with Crippen LogP contribution in [-0.2, 0) is 6.54 Å². The first-order valence-corrected chi connectivity index (χ1v) is 6.43. The molecule has 1 heterocycles. The Morgan fingerprint density at radius 2 is 1.65 bits per heavy atom. The van der Waals surface area contributed by atoms with Crippen LogP contribution in [0.5, 0.6) is 0 Å². The number of nitrogens with zero attached hydrogens (tertiary/aromatic N) is 1. The van der Waals surface area contributed by atoms with Crippen LogP contribution in [0.1, 0.15) is 5.76 Å². The summed E-state index contributed by atoms with van der Waals surface area (Å²) in [7, 11) is 0. The lowest BCUT2D eigenvalue weighted by Gasteiger charge is -2.06. The molecule has 2 aromatic carbocycles. The van der Waals surface area contributed by atoms with E-state index in [2.05, 4.69) is 10.5 Å². The lowest BCUT2D eigenvalue weighted by atomic mass is 10.1. The molecule has 0 bridgehead atoms. The van der Waals surface area contributed by atoms with E-state index in [1.807, 2.05) is 60.7 Å². The maximum absolute atomic E-state index is 5.51. The van der Waals surface area contributed by atoms with E-state index in [0.717, 1.165) is 22.6 Å². The first-order valence-electron chi connectivity index (χ1n) is 6.43. The topological polar surface area (TPSA) is 64.1 Å². The fourth-order valence-corrected chi connectivity index (χ4v) is 1.96. The second-order valence-electron chi connectivity index (χ2n) is 4.45. The molecule has 3 N–H and O–H groups in total. The minimum Gasteiger partial charge on any atom is -0.359 e. The Bertz CT molecular complexity index is 674. The average Bonchev–Trinajstić information content (AvgIpc) is 2.98. The van der Waals surface area contributed by atoms with Gasteiger partial charge < -0.3 is 15.6 Å². The van der Waals surface area contributed by atoms with Crippen LogP contribution < -0.4 is 11.1 Å². The largest absolute Gasteiger partial charge is 0.359 e. The number of nitrogens with one attached hydrogen (secondary N) is 1. The number of hydrogen-bond donors (Lipinski definition) is 2. The molecule has 0 amide bonds. The molecular weight excluding hydrogens is 250 g/mol. The predicted molar refractivity (Wildman–Crippen MR) is 79.6 cm³/mol. The van der Waals surface area contributed by atoms with Crippen molar-refractivity contribution < 1.29 is 4.52 Å². The zero-order valence-corrected chi connectivity index (χ0v) is 10.9. The summed E-state index contributed by atoms with van der Waals surface area (Å²) in [6, 6.07) is 19.9. The van der Waals surface area contributed by atoms with Gasteiger partial charge in [-0.3, -0.25) is 0 Å². The number of aromatic nitrogens is 1. The van der Waals surface area contributed by atoms with Crippen molar-refractivity contribution in [2.24, 2.45) is 5.73 Å². The molecule has 0 aliphatic heterocycles. The standard InChI is InChI=1S/C16H15N3O/c17-11-15-10-16(19-20-15)12-6-8-14(9-7-12)18-13-4-2-1-3-5-13/h1-10,18H,11,17H2. The molecule has 1 aromatic heterocycles. The van der Waals surface area contributed by atoms with Crippen LogP contribution in [0.4, 0.5) is 11.4 Å². The molecule has 0 unspecified atom stereocenters. The third-order valence-electron chi connectivity index (χ3n) is 3.00. The Morgan fingerprint density at radius 1 is 0.950 bits per heavy atom. The highest BCUT2D eigenvalue weighted by atomic mass is 16.5. The van der Waals surface area contributed by atoms with Crippen molar-refractivity contribution >= 4 is 11.4 Å². The van der Waals surface area contributed by atoms with Gasteiger partial charge in [0, 0.05) is 23.0 Å². The molecule has 0 saturated carbocycles. The lowest BCUT2D eigenvalue weighted by Crippen LogP contribution is -1.92. The normalized spacial score (nSPS) is 10.4. The molecular formula is C16H15N3O. The fourth-order valence-electron chi connectivity index (χ4n) is 1.96. The second kappa shape index (κ2) is 5.59. The molecule has 0 aliphatic rings. The number of para-hydroxylation sites is 1. The highest BCUT2D eigenvalue weighted by molar-refractivity contribution is 5.66. The van der Waals surface area contributed by atoms with E-state index in [4.69, 9.17) is 10.3 Å². The molecule has 4 heteroatoms. The Morgan fingerprint density at radius 3 is 2.30 bits per heavy atom. The summed E-state index contributed by atoms with van der Waals surface area (Å²) in [5, 5.41) is 7.33. The van der Waals surface area contributed by atoms with Gasteiger partial charge in [-0.05, 0) is 24.3 Å². The van der Waals surface area contributed by atoms with Gasteiger partial charge in [-0.1, -0.05) is 35.5 Å². The molecule has 0 atom stereocenters. The molecule has 3 rings (SSSR count). The number of hydrogen-bond acceptors (Lipinski definition) is 4. The summed E-state index contributed by atoms with van der Waals surface area (Å²) in [5.41, 5.74) is 9.41. The molecule has 0 saturated heterocycles. The third-order valence-corrected chi connectivity index (χ3v) is 3.00. The predicted octanol–water partition coefficient (Wildman–Crippen LogP) is 3.54. The summed E-state index contributed by atoms with van der Waals surface area (Å²) in [5.74, 6) is 0.687. The summed E-state index contributed by atoms with van der Waals surface area (Å²) < 4.78 is 5.10. The van der Waals surface area contributed by atoms with Gasteiger partial charge in [0.05, 0.1) is 6.54 Å². The monoisotopic (exact) mass is 265 g/mol. The molecule has 0 fully saturated rings. The van der Waals surface area contributed by atoms with E-state index in [1.165, 1.54) is 0 Å². The van der Waals surface area contributed by atoms with Gasteiger partial charge >= 0.3 is 0 Å². The molecule has 0 radical (unpaired) electrons. The van der Waals surface area contributed by atoms with E-state index in [9.17, 15) is 0 Å². The van der Waals surface area contributed by atoms with Gasteiger partial charge in [-0.2, -0.15) is 0 Å². The maximum atomic E-state index is 5.51. The van der Waals surface area contributed by atoms with E-state index < -0.39 is 0 Å². The van der Waals surface area contributed by atoms with Crippen molar-refractivity contribution in [3.05, 3.63) is 66.4 Å². The van der Waals surface area contributed by atoms with E-state index in [0.29, 0.717) is 12.3 Å². The molecule has 100 valence electrons. The Labute approximate surface area is 117 Å². The molecule has 4 nitrogen and oxygen atoms in total. The number of rotatable bonds is 4. The van der Waals surface area contributed by atoms with Gasteiger partial charge in [0.1, 0.15) is 5.69 Å². The Kier molecular flexibility index (Phi) is 3.48. The number of anilines is 2. The van der Waals surface area contributed by atoms with Crippen LogP contribution in [0.3, 0.4) is 0 Å². The lowest BCUT2D eigenvalue weighted by molar-refractivity contribution is 0.387. The van der Waals surface area contributed by atoms with E-state index in [-0.39, 0.29) is 0 Å². The van der Waals surface area contributed by atoms with E-state index in [1.54, 1.807) is 0 Å². The van der Waals surface area contributed by atoms with Crippen molar-refractivity contribution in [2.75, 3.05) is 5.32 Å². The van der Waals surface area contributed by atoms with Crippen LogP contribution in [-0.4, -0.2) is 5.16 Å². The van der Waals surface area contributed by atoms with Gasteiger partial charge in [-0.15, -0.1) is 0 Å². The highest BCUT2D eigenvalue weighted by Gasteiger charge is 2.05. The average molecular weight is 265 g/mol. The van der Waals surface area contributed by atoms with Crippen molar-refractivity contribution in [3.63, 3.8) is 0 Å². The number of benzene rings is 2. The highest BCUT2D eigenvalue weighted by Crippen LogP contribution is 2.23. The third kappa shape index (κ3) is 2.70. The summed E-state index contributed by atoms with van der Waals surface area (Å²) >= 11 is 0. The first-order chi connectivity index (χ1) is 9.85. The van der Waals surface area contributed by atoms with Crippen molar-refractivity contribution in [1.29, 1.82) is 0 Å².